The van der Waals surface area contributed by atoms with Crippen molar-refractivity contribution in [1.29, 1.82) is 0 Å². The number of hydrogen-bond acceptors (Lipinski definition) is 3. The number of carbonyl (C=O) groups is 1. The topological polar surface area (TPSA) is 59.8 Å². The Balaban J connectivity index is 2.29. The van der Waals surface area contributed by atoms with Gasteiger partial charge in [0.15, 0.2) is 5.83 Å². The van der Waals surface area contributed by atoms with Crippen LogP contribution in [0.2, 0.25) is 0 Å². The van der Waals surface area contributed by atoms with Crippen LogP contribution in [0.4, 0.5) is 10.1 Å². The molecular formula is C12H11FN4O. The number of aromatic nitrogens is 3. The molecule has 1 heterocycles. The van der Waals surface area contributed by atoms with Crippen molar-refractivity contribution in [3.8, 4) is 5.69 Å². The van der Waals surface area contributed by atoms with Crippen LogP contribution in [-0.2, 0) is 4.79 Å². The van der Waals surface area contributed by atoms with Gasteiger partial charge in [-0.3, -0.25) is 9.36 Å². The molecule has 18 heavy (non-hydrogen) atoms. The molecule has 0 unspecified atom stereocenters. The van der Waals surface area contributed by atoms with Gasteiger partial charge in [0.25, 0.3) is 5.91 Å². The van der Waals surface area contributed by atoms with E-state index in [1.54, 1.807) is 29.1 Å². The molecule has 6 heteroatoms. The number of halogens is 1. The summed E-state index contributed by atoms with van der Waals surface area (Å²) in [5, 5.41) is 10.0. The second kappa shape index (κ2) is 4.79. The summed E-state index contributed by atoms with van der Waals surface area (Å²) < 4.78 is 14.3. The maximum atomic E-state index is 12.6. The van der Waals surface area contributed by atoms with Crippen LogP contribution < -0.4 is 5.32 Å². The third kappa shape index (κ3) is 2.42. The van der Waals surface area contributed by atoms with E-state index in [0.717, 1.165) is 5.69 Å². The molecule has 0 bridgehead atoms. The minimum absolute atomic E-state index is 0.476. The number of benzene rings is 1. The van der Waals surface area contributed by atoms with Gasteiger partial charge in [-0.05, 0) is 25.1 Å². The lowest BCUT2D eigenvalue weighted by Gasteiger charge is -2.07. The molecule has 0 fully saturated rings. The first kappa shape index (κ1) is 12.0. The van der Waals surface area contributed by atoms with Gasteiger partial charge in [-0.1, -0.05) is 12.6 Å². The molecule has 1 aromatic carbocycles. The molecule has 1 N–H and O–H groups in total. The third-order valence-corrected chi connectivity index (χ3v) is 2.35. The van der Waals surface area contributed by atoms with Crippen LogP contribution in [0.1, 0.15) is 5.82 Å². The maximum absolute atomic E-state index is 12.6. The predicted molar refractivity (Wildman–Crippen MR) is 65.0 cm³/mol. The van der Waals surface area contributed by atoms with Crippen LogP contribution in [0.5, 0.6) is 0 Å². The largest absolute Gasteiger partial charge is 0.320 e. The van der Waals surface area contributed by atoms with Crippen molar-refractivity contribution in [3.05, 3.63) is 48.8 Å². The van der Waals surface area contributed by atoms with E-state index >= 15 is 0 Å². The van der Waals surface area contributed by atoms with E-state index in [9.17, 15) is 9.18 Å². The standard InChI is InChI=1S/C12H11FN4O/c1-8(13)12(18)15-10-4-3-5-11(6-10)17-7-14-16-9(17)2/h3-7H,1H2,2H3,(H,15,18). The molecule has 0 saturated carbocycles. The lowest BCUT2D eigenvalue weighted by molar-refractivity contribution is -0.114. The average Bonchev–Trinajstić information content (AvgIpc) is 2.75. The first-order chi connectivity index (χ1) is 8.58. The molecule has 0 atom stereocenters. The Morgan fingerprint density at radius 3 is 2.89 bits per heavy atom. The molecule has 1 amide bonds. The summed E-state index contributed by atoms with van der Waals surface area (Å²) in [6, 6.07) is 6.92. The highest BCUT2D eigenvalue weighted by atomic mass is 19.1. The fraction of sp³-hybridized carbons (Fsp3) is 0.0833. The average molecular weight is 246 g/mol. The van der Waals surface area contributed by atoms with E-state index < -0.39 is 11.7 Å². The first-order valence-electron chi connectivity index (χ1n) is 5.21. The molecule has 0 aliphatic carbocycles. The van der Waals surface area contributed by atoms with Crippen molar-refractivity contribution < 1.29 is 9.18 Å². The number of carbonyl (C=O) groups excluding carboxylic acids is 1. The highest BCUT2D eigenvalue weighted by molar-refractivity contribution is 6.01. The van der Waals surface area contributed by atoms with E-state index in [2.05, 4.69) is 22.1 Å². The molecular weight excluding hydrogens is 235 g/mol. The third-order valence-electron chi connectivity index (χ3n) is 2.35. The van der Waals surface area contributed by atoms with Gasteiger partial charge in [0, 0.05) is 5.69 Å². The number of nitrogens with one attached hydrogen (secondary N) is 1. The van der Waals surface area contributed by atoms with Crippen LogP contribution in [0.25, 0.3) is 5.69 Å². The molecule has 0 aliphatic heterocycles. The summed E-state index contributed by atoms with van der Waals surface area (Å²) >= 11 is 0. The SMILES string of the molecule is C=C(F)C(=O)Nc1cccc(-n2cnnc2C)c1. The van der Waals surface area contributed by atoms with Gasteiger partial charge >= 0.3 is 0 Å². The summed E-state index contributed by atoms with van der Waals surface area (Å²) in [7, 11) is 0. The highest BCUT2D eigenvalue weighted by Gasteiger charge is 2.07. The number of nitrogens with zero attached hydrogens (tertiary/aromatic N) is 3. The van der Waals surface area contributed by atoms with Crippen molar-refractivity contribution in [2.24, 2.45) is 0 Å². The zero-order valence-electron chi connectivity index (χ0n) is 9.72. The molecule has 0 radical (unpaired) electrons. The Morgan fingerprint density at radius 2 is 2.28 bits per heavy atom. The van der Waals surface area contributed by atoms with Gasteiger partial charge < -0.3 is 5.32 Å². The van der Waals surface area contributed by atoms with Crippen LogP contribution in [0.15, 0.2) is 43.0 Å². The van der Waals surface area contributed by atoms with E-state index in [-0.39, 0.29) is 0 Å². The fourth-order valence-electron chi connectivity index (χ4n) is 1.48. The van der Waals surface area contributed by atoms with E-state index in [4.69, 9.17) is 0 Å². The predicted octanol–water partition coefficient (Wildman–Crippen LogP) is 2.00. The molecule has 2 rings (SSSR count). The Kier molecular flexibility index (Phi) is 3.18. The van der Waals surface area contributed by atoms with E-state index in [1.807, 2.05) is 13.0 Å². The molecule has 1 aromatic heterocycles. The lowest BCUT2D eigenvalue weighted by Crippen LogP contribution is -2.11. The molecule has 5 nitrogen and oxygen atoms in total. The summed E-state index contributed by atoms with van der Waals surface area (Å²) in [5.41, 5.74) is 1.25. The summed E-state index contributed by atoms with van der Waals surface area (Å²) in [4.78, 5) is 11.2. The monoisotopic (exact) mass is 246 g/mol. The quantitative estimate of drug-likeness (QED) is 0.842. The van der Waals surface area contributed by atoms with Gasteiger partial charge in [0.1, 0.15) is 12.2 Å². The maximum Gasteiger partial charge on any atom is 0.283 e. The number of hydrogen-bond donors (Lipinski definition) is 1. The number of rotatable bonds is 3. The van der Waals surface area contributed by atoms with Gasteiger partial charge in [-0.2, -0.15) is 0 Å². The van der Waals surface area contributed by atoms with Crippen LogP contribution in [-0.4, -0.2) is 20.7 Å². The minimum atomic E-state index is -1.03. The van der Waals surface area contributed by atoms with Gasteiger partial charge in [0.2, 0.25) is 0 Å². The first-order valence-corrected chi connectivity index (χ1v) is 5.21. The Bertz CT molecular complexity index is 606. The second-order valence-electron chi connectivity index (χ2n) is 3.66. The van der Waals surface area contributed by atoms with Gasteiger partial charge in [-0.15, -0.1) is 10.2 Å². The van der Waals surface area contributed by atoms with Gasteiger partial charge in [0.05, 0.1) is 5.69 Å². The normalized spacial score (nSPS) is 10.1. The number of amides is 1. The Hall–Kier alpha value is -2.50. The summed E-state index contributed by atoms with van der Waals surface area (Å²) in [6.45, 7) is 4.74. The van der Waals surface area contributed by atoms with Crippen molar-refractivity contribution >= 4 is 11.6 Å². The molecule has 0 saturated heterocycles. The van der Waals surface area contributed by atoms with Crippen molar-refractivity contribution in [2.45, 2.75) is 6.92 Å². The summed E-state index contributed by atoms with van der Waals surface area (Å²) in [5.74, 6) is -1.16. The Labute approximate surface area is 103 Å². The van der Waals surface area contributed by atoms with Crippen molar-refractivity contribution in [3.63, 3.8) is 0 Å². The fourth-order valence-corrected chi connectivity index (χ4v) is 1.48. The molecule has 92 valence electrons. The zero-order chi connectivity index (χ0) is 13.1. The van der Waals surface area contributed by atoms with Crippen LogP contribution >= 0.6 is 0 Å². The zero-order valence-corrected chi connectivity index (χ0v) is 9.72. The van der Waals surface area contributed by atoms with Crippen molar-refractivity contribution in [2.75, 3.05) is 5.32 Å². The second-order valence-corrected chi connectivity index (χ2v) is 3.66. The van der Waals surface area contributed by atoms with Gasteiger partial charge in [-0.25, -0.2) is 4.39 Å². The van der Waals surface area contributed by atoms with E-state index in [1.165, 1.54) is 0 Å². The molecule has 0 spiro atoms. The minimum Gasteiger partial charge on any atom is -0.320 e. The number of aryl methyl sites for hydroxylation is 1. The summed E-state index contributed by atoms with van der Waals surface area (Å²) in [6.07, 6.45) is 1.56. The molecule has 2 aromatic rings. The number of anilines is 1. The smallest absolute Gasteiger partial charge is 0.283 e. The van der Waals surface area contributed by atoms with Crippen LogP contribution in [0.3, 0.4) is 0 Å². The van der Waals surface area contributed by atoms with Crippen molar-refractivity contribution in [1.82, 2.24) is 14.8 Å². The lowest BCUT2D eigenvalue weighted by atomic mass is 10.2. The van der Waals surface area contributed by atoms with Crippen LogP contribution in [0, 0.1) is 6.92 Å². The van der Waals surface area contributed by atoms with E-state index in [0.29, 0.717) is 11.5 Å². The highest BCUT2D eigenvalue weighted by Crippen LogP contribution is 2.16. The molecule has 0 aliphatic rings. The Morgan fingerprint density at radius 1 is 1.50 bits per heavy atom.